The summed E-state index contributed by atoms with van der Waals surface area (Å²) in [6.45, 7) is 3.18. The number of nitrogens with zero attached hydrogens (tertiary/aromatic N) is 1. The summed E-state index contributed by atoms with van der Waals surface area (Å²) in [5, 5.41) is 0. The molecule has 0 unspecified atom stereocenters. The maximum absolute atomic E-state index is 12.2. The predicted octanol–water partition coefficient (Wildman–Crippen LogP) is 4.39. The third kappa shape index (κ3) is 2.46. The Balaban J connectivity index is 0.00000156. The van der Waals surface area contributed by atoms with Gasteiger partial charge in [-0.1, -0.05) is 31.9 Å². The lowest BCUT2D eigenvalue weighted by Crippen LogP contribution is -2.59. The second-order valence-electron chi connectivity index (χ2n) is 7.66. The third-order valence-electron chi connectivity index (χ3n) is 6.76. The molecule has 0 N–H and O–H groups in total. The summed E-state index contributed by atoms with van der Waals surface area (Å²) in [5.74, 6) is 1.10. The zero-order valence-corrected chi connectivity index (χ0v) is 15.1. The Kier molecular flexibility index (Phi) is 4.59. The van der Waals surface area contributed by atoms with Gasteiger partial charge in [0.2, 0.25) is 0 Å². The van der Waals surface area contributed by atoms with E-state index in [4.69, 9.17) is 0 Å². The fraction of sp³-hybridized carbons (Fsp3) is 0.650. The van der Waals surface area contributed by atoms with E-state index < -0.39 is 0 Å². The van der Waals surface area contributed by atoms with E-state index in [9.17, 15) is 4.79 Å². The highest BCUT2D eigenvalue weighted by Crippen LogP contribution is 2.55. The van der Waals surface area contributed by atoms with Crippen LogP contribution in [-0.2, 0) is 11.8 Å². The standard InChI is InChI=1S/C20H27NO.ClH/c1-3-19(22)15-8-7-14-13-18-16-6-4-5-9-20(16,17(14)12-15)10-11-21(18)2;/h7-8,12,16,18H,3-6,9-11,13H2,1-2H3;1H/t16-,18+,20+;/m0./s1. The topological polar surface area (TPSA) is 20.3 Å². The molecule has 2 aliphatic carbocycles. The number of likely N-dealkylation sites (N-methyl/N-ethyl adjacent to an activating group) is 1. The van der Waals surface area contributed by atoms with E-state index in [0.717, 1.165) is 11.5 Å². The Morgan fingerprint density at radius 3 is 2.91 bits per heavy atom. The molecule has 3 aliphatic rings. The maximum Gasteiger partial charge on any atom is 0.162 e. The maximum atomic E-state index is 12.2. The van der Waals surface area contributed by atoms with Crippen molar-refractivity contribution in [2.24, 2.45) is 5.92 Å². The molecule has 3 heteroatoms. The summed E-state index contributed by atoms with van der Waals surface area (Å²) < 4.78 is 0. The summed E-state index contributed by atoms with van der Waals surface area (Å²) in [6, 6.07) is 7.33. The number of likely N-dealkylation sites (tertiary alicyclic amines) is 1. The van der Waals surface area contributed by atoms with E-state index in [2.05, 4.69) is 30.1 Å². The molecule has 2 nitrogen and oxygen atoms in total. The summed E-state index contributed by atoms with van der Waals surface area (Å²) in [5.41, 5.74) is 4.37. The number of ketones is 1. The first-order valence-electron chi connectivity index (χ1n) is 9.02. The lowest BCUT2D eigenvalue weighted by Gasteiger charge is -2.58. The first-order valence-corrected chi connectivity index (χ1v) is 9.02. The van der Waals surface area contributed by atoms with Crippen LogP contribution in [0, 0.1) is 5.92 Å². The van der Waals surface area contributed by atoms with Gasteiger partial charge < -0.3 is 4.90 Å². The van der Waals surface area contributed by atoms with E-state index >= 15 is 0 Å². The Morgan fingerprint density at radius 2 is 2.13 bits per heavy atom. The summed E-state index contributed by atoms with van der Waals surface area (Å²) in [4.78, 5) is 14.8. The molecule has 0 amide bonds. The van der Waals surface area contributed by atoms with E-state index in [1.165, 1.54) is 50.6 Å². The zero-order chi connectivity index (χ0) is 15.3. The quantitative estimate of drug-likeness (QED) is 0.748. The number of carbonyl (C=O) groups is 1. The van der Waals surface area contributed by atoms with E-state index in [-0.39, 0.29) is 12.4 Å². The van der Waals surface area contributed by atoms with Crippen molar-refractivity contribution in [2.75, 3.05) is 13.6 Å². The molecule has 1 saturated heterocycles. The van der Waals surface area contributed by atoms with Crippen LogP contribution < -0.4 is 0 Å². The van der Waals surface area contributed by atoms with Gasteiger partial charge in [-0.3, -0.25) is 4.79 Å². The van der Waals surface area contributed by atoms with Crippen molar-refractivity contribution in [1.29, 1.82) is 0 Å². The molecule has 3 atom stereocenters. The molecule has 23 heavy (non-hydrogen) atoms. The molecule has 1 aromatic rings. The zero-order valence-electron chi connectivity index (χ0n) is 14.3. The number of fused-ring (bicyclic) bond motifs is 1. The Labute approximate surface area is 146 Å². The monoisotopic (exact) mass is 333 g/mol. The van der Waals surface area contributed by atoms with Crippen LogP contribution in [0.2, 0.25) is 0 Å². The van der Waals surface area contributed by atoms with Crippen molar-refractivity contribution in [2.45, 2.75) is 63.3 Å². The second kappa shape index (κ2) is 6.22. The number of benzene rings is 1. The number of piperidine rings is 1. The number of carbonyl (C=O) groups excluding carboxylic acids is 1. The van der Waals surface area contributed by atoms with Gasteiger partial charge in [-0.15, -0.1) is 12.4 Å². The van der Waals surface area contributed by atoms with Crippen molar-refractivity contribution in [3.63, 3.8) is 0 Å². The number of Topliss-reactive ketones (excluding diaryl/α,β-unsaturated/α-hetero) is 1. The average Bonchev–Trinajstić information content (AvgIpc) is 2.57. The summed E-state index contributed by atoms with van der Waals surface area (Å²) in [7, 11) is 2.31. The van der Waals surface area contributed by atoms with Crippen LogP contribution in [0.3, 0.4) is 0 Å². The molecule has 1 aliphatic heterocycles. The van der Waals surface area contributed by atoms with Gasteiger partial charge in [0.1, 0.15) is 0 Å². The van der Waals surface area contributed by atoms with Gasteiger partial charge in [0.25, 0.3) is 0 Å². The highest BCUT2D eigenvalue weighted by Gasteiger charge is 2.53. The fourth-order valence-electron chi connectivity index (χ4n) is 5.57. The van der Waals surface area contributed by atoms with Gasteiger partial charge >= 0.3 is 0 Å². The molecule has 4 rings (SSSR count). The normalized spacial score (nSPS) is 32.4. The van der Waals surface area contributed by atoms with Crippen molar-refractivity contribution < 1.29 is 4.79 Å². The minimum Gasteiger partial charge on any atom is -0.303 e. The van der Waals surface area contributed by atoms with Crippen LogP contribution in [0.4, 0.5) is 0 Å². The molecule has 0 radical (unpaired) electrons. The lowest BCUT2D eigenvalue weighted by molar-refractivity contribution is 0.00283. The lowest BCUT2D eigenvalue weighted by atomic mass is 9.52. The van der Waals surface area contributed by atoms with Gasteiger partial charge in [-0.05, 0) is 62.4 Å². The molecule has 2 fully saturated rings. The number of hydrogen-bond donors (Lipinski definition) is 0. The van der Waals surface area contributed by atoms with E-state index in [0.29, 0.717) is 23.7 Å². The van der Waals surface area contributed by atoms with Gasteiger partial charge in [0.05, 0.1) is 0 Å². The van der Waals surface area contributed by atoms with Gasteiger partial charge in [0, 0.05) is 23.4 Å². The SMILES string of the molecule is CCC(=O)c1ccc2c(c1)[C@@]13CCCC[C@H]1[C@@H](C2)N(C)CC3.Cl. The van der Waals surface area contributed by atoms with E-state index in [1.807, 2.05) is 6.92 Å². The average molecular weight is 334 g/mol. The minimum atomic E-state index is 0. The Hall–Kier alpha value is -0.860. The van der Waals surface area contributed by atoms with Crippen LogP contribution in [-0.4, -0.2) is 30.3 Å². The van der Waals surface area contributed by atoms with Gasteiger partial charge in [-0.25, -0.2) is 0 Å². The fourth-order valence-corrected chi connectivity index (χ4v) is 5.57. The molecular formula is C20H28ClNO. The highest BCUT2D eigenvalue weighted by molar-refractivity contribution is 5.96. The van der Waals surface area contributed by atoms with Gasteiger partial charge in [-0.2, -0.15) is 0 Å². The summed E-state index contributed by atoms with van der Waals surface area (Å²) >= 11 is 0. The summed E-state index contributed by atoms with van der Waals surface area (Å²) in [6.07, 6.45) is 8.53. The Bertz CT molecular complexity index is 614. The molecular weight excluding hydrogens is 306 g/mol. The van der Waals surface area contributed by atoms with Crippen molar-refractivity contribution in [3.05, 3.63) is 34.9 Å². The van der Waals surface area contributed by atoms with Crippen molar-refractivity contribution in [1.82, 2.24) is 4.90 Å². The third-order valence-corrected chi connectivity index (χ3v) is 6.76. The Morgan fingerprint density at radius 1 is 1.30 bits per heavy atom. The molecule has 1 saturated carbocycles. The minimum absolute atomic E-state index is 0. The molecule has 1 heterocycles. The molecule has 126 valence electrons. The van der Waals surface area contributed by atoms with Crippen LogP contribution in [0.5, 0.6) is 0 Å². The van der Waals surface area contributed by atoms with Crippen LogP contribution in [0.25, 0.3) is 0 Å². The van der Waals surface area contributed by atoms with E-state index in [1.54, 1.807) is 5.56 Å². The molecule has 0 aromatic heterocycles. The van der Waals surface area contributed by atoms with Crippen molar-refractivity contribution in [3.8, 4) is 0 Å². The van der Waals surface area contributed by atoms with Crippen LogP contribution in [0.15, 0.2) is 18.2 Å². The highest BCUT2D eigenvalue weighted by atomic mass is 35.5. The first-order chi connectivity index (χ1) is 10.7. The van der Waals surface area contributed by atoms with Crippen LogP contribution in [0.1, 0.15) is 66.9 Å². The first kappa shape index (κ1) is 17.0. The number of hydrogen-bond acceptors (Lipinski definition) is 2. The van der Waals surface area contributed by atoms with Crippen LogP contribution >= 0.6 is 12.4 Å². The molecule has 2 bridgehead atoms. The predicted molar refractivity (Wildman–Crippen MR) is 96.7 cm³/mol. The second-order valence-corrected chi connectivity index (χ2v) is 7.66. The molecule has 1 aromatic carbocycles. The van der Waals surface area contributed by atoms with Gasteiger partial charge in [0.15, 0.2) is 5.78 Å². The number of halogens is 1. The molecule has 0 spiro atoms. The largest absolute Gasteiger partial charge is 0.303 e. The smallest absolute Gasteiger partial charge is 0.162 e. The number of rotatable bonds is 2. The van der Waals surface area contributed by atoms with Crippen molar-refractivity contribution >= 4 is 18.2 Å².